The normalized spacial score (nSPS) is 11.6. The second kappa shape index (κ2) is 8.59. The first kappa shape index (κ1) is 21.2. The molecule has 0 atom stereocenters. The van der Waals surface area contributed by atoms with Crippen molar-refractivity contribution in [3.63, 3.8) is 0 Å². The zero-order valence-corrected chi connectivity index (χ0v) is 17.8. The lowest BCUT2D eigenvalue weighted by Crippen LogP contribution is -2.08. The van der Waals surface area contributed by atoms with Gasteiger partial charge in [-0.15, -0.1) is 0 Å². The highest BCUT2D eigenvalue weighted by Gasteiger charge is 2.11. The molecule has 3 aromatic carbocycles. The van der Waals surface area contributed by atoms with Crippen LogP contribution in [0.15, 0.2) is 70.5 Å². The molecule has 6 heteroatoms. The van der Waals surface area contributed by atoms with Gasteiger partial charge in [0.1, 0.15) is 0 Å². The maximum absolute atomic E-state index is 12.4. The largest absolute Gasteiger partial charge is 0.504 e. The van der Waals surface area contributed by atoms with Crippen molar-refractivity contribution in [2.75, 3.05) is 0 Å². The van der Waals surface area contributed by atoms with Crippen molar-refractivity contribution in [3.05, 3.63) is 87.7 Å². The van der Waals surface area contributed by atoms with Gasteiger partial charge in [0, 0.05) is 17.0 Å². The van der Waals surface area contributed by atoms with Gasteiger partial charge in [-0.3, -0.25) is 14.8 Å². The number of phenolic OH excluding ortho intramolecular Hbond substituents is 2. The van der Waals surface area contributed by atoms with Crippen LogP contribution in [0, 0.1) is 0 Å². The summed E-state index contributed by atoms with van der Waals surface area (Å²) in [5, 5.41) is 30.5. The Hall–Kier alpha value is -4.06. The molecule has 4 aromatic rings. The van der Waals surface area contributed by atoms with Crippen molar-refractivity contribution in [2.24, 2.45) is 4.99 Å². The summed E-state index contributed by atoms with van der Waals surface area (Å²) in [5.41, 5.74) is 3.91. The van der Waals surface area contributed by atoms with Crippen LogP contribution >= 0.6 is 0 Å². The number of fused-ring (bicyclic) bond motifs is 1. The molecule has 0 aliphatic rings. The van der Waals surface area contributed by atoms with Gasteiger partial charge in [-0.25, -0.2) is 0 Å². The maximum atomic E-state index is 12.4. The van der Waals surface area contributed by atoms with E-state index in [2.05, 4.69) is 48.1 Å². The Balaban J connectivity index is 1.73. The Kier molecular flexibility index (Phi) is 5.69. The molecule has 0 unspecified atom stereocenters. The smallest absolute Gasteiger partial charge is 0.258 e. The van der Waals surface area contributed by atoms with Crippen LogP contribution < -0.4 is 5.56 Å². The van der Waals surface area contributed by atoms with Crippen molar-refractivity contribution < 1.29 is 15.3 Å². The minimum atomic E-state index is -0.375. The zero-order valence-electron chi connectivity index (χ0n) is 17.8. The Bertz CT molecular complexity index is 1370. The first-order valence-electron chi connectivity index (χ1n) is 10.3. The van der Waals surface area contributed by atoms with Gasteiger partial charge in [0.2, 0.25) is 5.88 Å². The summed E-state index contributed by atoms with van der Waals surface area (Å²) in [5.74, 6) is -0.235. The van der Waals surface area contributed by atoms with E-state index in [0.29, 0.717) is 27.8 Å². The summed E-state index contributed by atoms with van der Waals surface area (Å²) in [6.45, 7) is 4.51. The van der Waals surface area contributed by atoms with Crippen LogP contribution in [-0.2, 0) is 6.54 Å². The number of aromatic nitrogens is 1. The maximum Gasteiger partial charge on any atom is 0.258 e. The fourth-order valence-corrected chi connectivity index (χ4v) is 3.62. The van der Waals surface area contributed by atoms with Crippen molar-refractivity contribution in [1.29, 1.82) is 0 Å². The summed E-state index contributed by atoms with van der Waals surface area (Å²) < 4.78 is 0. The number of benzene rings is 3. The third-order valence-electron chi connectivity index (χ3n) is 5.49. The molecule has 0 spiro atoms. The molecule has 0 radical (unpaired) electrons. The van der Waals surface area contributed by atoms with E-state index in [9.17, 15) is 20.1 Å². The van der Waals surface area contributed by atoms with Crippen molar-refractivity contribution in [1.82, 2.24) is 4.98 Å². The van der Waals surface area contributed by atoms with Crippen molar-refractivity contribution in [3.8, 4) is 28.5 Å². The van der Waals surface area contributed by atoms with Crippen molar-refractivity contribution in [2.45, 2.75) is 26.3 Å². The SMILES string of the molecule is CC(C)c1ccc(-c2ccc3c(=O)[nH]c(O)c(C=NCc4ccc(O)c(O)c4)c3c2)cc1. The number of rotatable bonds is 5. The van der Waals surface area contributed by atoms with Gasteiger partial charge >= 0.3 is 0 Å². The molecular weight excluding hydrogens is 404 g/mol. The number of H-pyrrole nitrogens is 1. The van der Waals surface area contributed by atoms with E-state index in [1.54, 1.807) is 12.1 Å². The average molecular weight is 428 g/mol. The molecule has 0 aliphatic heterocycles. The lowest BCUT2D eigenvalue weighted by molar-refractivity contribution is 0.403. The predicted octanol–water partition coefficient (Wildman–Crippen LogP) is 5.05. The van der Waals surface area contributed by atoms with E-state index in [0.717, 1.165) is 11.1 Å². The molecule has 4 rings (SSSR count). The molecule has 0 saturated carbocycles. The number of hydrogen-bond acceptors (Lipinski definition) is 5. The lowest BCUT2D eigenvalue weighted by atomic mass is 9.96. The fourth-order valence-electron chi connectivity index (χ4n) is 3.62. The van der Waals surface area contributed by atoms with Crippen LogP contribution in [0.25, 0.3) is 21.9 Å². The summed E-state index contributed by atoms with van der Waals surface area (Å²) in [6, 6.07) is 18.3. The number of nitrogens with one attached hydrogen (secondary N) is 1. The number of phenols is 2. The number of nitrogens with zero attached hydrogens (tertiary/aromatic N) is 1. The predicted molar refractivity (Wildman–Crippen MR) is 127 cm³/mol. The first-order valence-corrected chi connectivity index (χ1v) is 10.3. The Morgan fingerprint density at radius 1 is 0.875 bits per heavy atom. The highest BCUT2D eigenvalue weighted by Crippen LogP contribution is 2.29. The van der Waals surface area contributed by atoms with Crippen LogP contribution in [-0.4, -0.2) is 26.5 Å². The van der Waals surface area contributed by atoms with Crippen LogP contribution in [0.2, 0.25) is 0 Å². The van der Waals surface area contributed by atoms with E-state index in [4.69, 9.17) is 0 Å². The highest BCUT2D eigenvalue weighted by atomic mass is 16.3. The Morgan fingerprint density at radius 3 is 2.28 bits per heavy atom. The molecule has 1 aromatic heterocycles. The van der Waals surface area contributed by atoms with E-state index in [1.165, 1.54) is 23.9 Å². The molecule has 0 amide bonds. The van der Waals surface area contributed by atoms with Crippen LogP contribution in [0.3, 0.4) is 0 Å². The van der Waals surface area contributed by atoms with E-state index in [-0.39, 0.29) is 29.5 Å². The molecule has 6 nitrogen and oxygen atoms in total. The number of hydrogen-bond donors (Lipinski definition) is 4. The topological polar surface area (TPSA) is 106 Å². The summed E-state index contributed by atoms with van der Waals surface area (Å²) in [7, 11) is 0. The second-order valence-electron chi connectivity index (χ2n) is 8.05. The quantitative estimate of drug-likeness (QED) is 0.263. The molecular formula is C26H24N2O4. The summed E-state index contributed by atoms with van der Waals surface area (Å²) in [4.78, 5) is 19.2. The number of aromatic amines is 1. The number of pyridine rings is 1. The minimum absolute atomic E-state index is 0.198. The summed E-state index contributed by atoms with van der Waals surface area (Å²) >= 11 is 0. The molecule has 4 N–H and O–H groups in total. The Morgan fingerprint density at radius 2 is 1.59 bits per heavy atom. The average Bonchev–Trinajstić information content (AvgIpc) is 2.78. The van der Waals surface area contributed by atoms with Crippen LogP contribution in [0.5, 0.6) is 17.4 Å². The lowest BCUT2D eigenvalue weighted by Gasteiger charge is -2.10. The number of aromatic hydroxyl groups is 3. The summed E-state index contributed by atoms with van der Waals surface area (Å²) in [6.07, 6.45) is 1.50. The monoisotopic (exact) mass is 428 g/mol. The highest BCUT2D eigenvalue weighted by molar-refractivity contribution is 6.02. The Labute approximate surface area is 185 Å². The van der Waals surface area contributed by atoms with E-state index < -0.39 is 0 Å². The molecule has 0 saturated heterocycles. The van der Waals surface area contributed by atoms with Gasteiger partial charge in [0.15, 0.2) is 11.5 Å². The molecule has 0 fully saturated rings. The third-order valence-corrected chi connectivity index (χ3v) is 5.49. The third kappa shape index (κ3) is 4.21. The van der Waals surface area contributed by atoms with Gasteiger partial charge in [-0.05, 0) is 52.4 Å². The standard InChI is InChI=1S/C26H24N2O4/c1-15(2)17-4-6-18(7-5-17)19-8-9-20-21(12-19)22(26(32)28-25(20)31)14-27-13-16-3-10-23(29)24(30)11-16/h3-12,14-15,29-30H,13H2,1-2H3,(H2,28,31,32). The molecule has 1 heterocycles. The van der Waals surface area contributed by atoms with Crippen molar-refractivity contribution >= 4 is 17.0 Å². The van der Waals surface area contributed by atoms with Gasteiger partial charge < -0.3 is 15.3 Å². The number of aliphatic imine (C=N–C) groups is 1. The van der Waals surface area contributed by atoms with E-state index in [1.807, 2.05) is 12.1 Å². The van der Waals surface area contributed by atoms with Crippen LogP contribution in [0.4, 0.5) is 0 Å². The first-order chi connectivity index (χ1) is 15.3. The molecule has 32 heavy (non-hydrogen) atoms. The van der Waals surface area contributed by atoms with E-state index >= 15 is 0 Å². The van der Waals surface area contributed by atoms with Gasteiger partial charge in [0.05, 0.1) is 12.1 Å². The second-order valence-corrected chi connectivity index (χ2v) is 8.05. The molecule has 0 aliphatic carbocycles. The van der Waals surface area contributed by atoms with Gasteiger partial charge in [0.25, 0.3) is 5.56 Å². The minimum Gasteiger partial charge on any atom is -0.504 e. The van der Waals surface area contributed by atoms with Crippen LogP contribution in [0.1, 0.15) is 36.5 Å². The van der Waals surface area contributed by atoms with Gasteiger partial charge in [-0.1, -0.05) is 50.2 Å². The van der Waals surface area contributed by atoms with Gasteiger partial charge in [-0.2, -0.15) is 0 Å². The zero-order chi connectivity index (χ0) is 22.8. The molecule has 0 bridgehead atoms. The molecule has 162 valence electrons. The fraction of sp³-hybridized carbons (Fsp3) is 0.154.